The van der Waals surface area contributed by atoms with Crippen molar-refractivity contribution >= 4 is 5.78 Å². The fourth-order valence-corrected chi connectivity index (χ4v) is 3.24. The van der Waals surface area contributed by atoms with Crippen LogP contribution < -0.4 is 9.47 Å². The van der Waals surface area contributed by atoms with Crippen molar-refractivity contribution in [3.05, 3.63) is 35.5 Å². The van der Waals surface area contributed by atoms with E-state index >= 15 is 0 Å². The molecule has 0 amide bonds. The van der Waals surface area contributed by atoms with Crippen molar-refractivity contribution in [1.29, 1.82) is 0 Å². The minimum atomic E-state index is 0.170. The Kier molecular flexibility index (Phi) is 3.69. The number of Topliss-reactive ketones (excluding diaryl/α,β-unsaturated/α-hetero) is 1. The van der Waals surface area contributed by atoms with Crippen molar-refractivity contribution in [3.8, 4) is 22.8 Å². The average molecular weight is 299 g/mol. The van der Waals surface area contributed by atoms with Gasteiger partial charge in [-0.15, -0.1) is 0 Å². The summed E-state index contributed by atoms with van der Waals surface area (Å²) >= 11 is 0. The van der Waals surface area contributed by atoms with Crippen LogP contribution in [0, 0.1) is 0 Å². The zero-order chi connectivity index (χ0) is 15.9. The van der Waals surface area contributed by atoms with Crippen LogP contribution in [0.15, 0.2) is 24.4 Å². The van der Waals surface area contributed by atoms with Crippen molar-refractivity contribution in [3.63, 3.8) is 0 Å². The quantitative estimate of drug-likeness (QED) is 0.804. The molecule has 0 bridgehead atoms. The molecule has 0 fully saturated rings. The highest BCUT2D eigenvalue weighted by Gasteiger charge is 2.27. The number of rotatable bonds is 4. The summed E-state index contributed by atoms with van der Waals surface area (Å²) in [7, 11) is 3.28. The molecular formula is C18H21NO3. The number of carbonyl (C=O) groups excluding carboxylic acids is 1. The molecule has 3 rings (SSSR count). The van der Waals surface area contributed by atoms with E-state index in [9.17, 15) is 4.79 Å². The SMILES string of the molecule is CCC(=O)c1ccn2c1-c1cc(OC)c(OC)cc1C(C)C2. The summed E-state index contributed by atoms with van der Waals surface area (Å²) in [4.78, 5) is 12.2. The van der Waals surface area contributed by atoms with Crippen molar-refractivity contribution in [1.82, 2.24) is 4.57 Å². The number of fused-ring (bicyclic) bond motifs is 3. The highest BCUT2D eigenvalue weighted by Crippen LogP contribution is 2.44. The first-order chi connectivity index (χ1) is 10.6. The molecule has 22 heavy (non-hydrogen) atoms. The number of hydrogen-bond donors (Lipinski definition) is 0. The van der Waals surface area contributed by atoms with Crippen molar-refractivity contribution in [2.75, 3.05) is 14.2 Å². The van der Waals surface area contributed by atoms with Gasteiger partial charge in [-0.3, -0.25) is 4.79 Å². The molecular weight excluding hydrogens is 278 g/mol. The van der Waals surface area contributed by atoms with Gasteiger partial charge in [-0.1, -0.05) is 13.8 Å². The first-order valence-electron chi connectivity index (χ1n) is 7.59. The summed E-state index contributed by atoms with van der Waals surface area (Å²) in [5.74, 6) is 1.96. The highest BCUT2D eigenvalue weighted by atomic mass is 16.5. The van der Waals surface area contributed by atoms with Gasteiger partial charge in [-0.2, -0.15) is 0 Å². The lowest BCUT2D eigenvalue weighted by Crippen LogP contribution is -2.16. The van der Waals surface area contributed by atoms with Crippen LogP contribution in [0.1, 0.15) is 42.1 Å². The zero-order valence-electron chi connectivity index (χ0n) is 13.5. The van der Waals surface area contributed by atoms with Gasteiger partial charge in [0, 0.05) is 30.3 Å². The number of benzene rings is 1. The van der Waals surface area contributed by atoms with Gasteiger partial charge in [-0.05, 0) is 29.7 Å². The Morgan fingerprint density at radius 3 is 2.59 bits per heavy atom. The second kappa shape index (κ2) is 5.52. The van der Waals surface area contributed by atoms with Crippen LogP contribution >= 0.6 is 0 Å². The van der Waals surface area contributed by atoms with Crippen LogP contribution in [0.3, 0.4) is 0 Å². The van der Waals surface area contributed by atoms with Gasteiger partial charge in [-0.25, -0.2) is 0 Å². The number of aromatic nitrogens is 1. The number of hydrogen-bond acceptors (Lipinski definition) is 3. The Balaban J connectivity index is 2.26. The number of ketones is 1. The minimum absolute atomic E-state index is 0.170. The lowest BCUT2D eigenvalue weighted by molar-refractivity contribution is 0.0988. The molecule has 1 unspecified atom stereocenters. The Bertz CT molecular complexity index is 730. The monoisotopic (exact) mass is 299 g/mol. The van der Waals surface area contributed by atoms with E-state index < -0.39 is 0 Å². The van der Waals surface area contributed by atoms with Crippen LogP contribution in [0.25, 0.3) is 11.3 Å². The Hall–Kier alpha value is -2.23. The topological polar surface area (TPSA) is 40.5 Å². The summed E-state index contributed by atoms with van der Waals surface area (Å²) in [6, 6.07) is 5.96. The number of carbonyl (C=O) groups is 1. The largest absolute Gasteiger partial charge is 0.493 e. The second-order valence-corrected chi connectivity index (χ2v) is 5.70. The molecule has 0 radical (unpaired) electrons. The van der Waals surface area contributed by atoms with Gasteiger partial charge < -0.3 is 14.0 Å². The molecule has 0 N–H and O–H groups in total. The summed E-state index contributed by atoms with van der Waals surface area (Å²) in [6.45, 7) is 4.96. The molecule has 0 aliphatic carbocycles. The molecule has 116 valence electrons. The Morgan fingerprint density at radius 2 is 1.95 bits per heavy atom. The molecule has 2 heterocycles. The fraction of sp³-hybridized carbons (Fsp3) is 0.389. The summed E-state index contributed by atoms with van der Waals surface area (Å²) in [5, 5.41) is 0. The fourth-order valence-electron chi connectivity index (χ4n) is 3.24. The molecule has 4 nitrogen and oxygen atoms in total. The molecule has 1 aliphatic heterocycles. The maximum absolute atomic E-state index is 12.2. The maximum Gasteiger partial charge on any atom is 0.164 e. The van der Waals surface area contributed by atoms with Crippen molar-refractivity contribution < 1.29 is 14.3 Å². The van der Waals surface area contributed by atoms with Gasteiger partial charge >= 0.3 is 0 Å². The second-order valence-electron chi connectivity index (χ2n) is 5.70. The molecule has 1 aromatic heterocycles. The van der Waals surface area contributed by atoms with E-state index in [0.717, 1.165) is 29.1 Å². The summed E-state index contributed by atoms with van der Waals surface area (Å²) in [6.07, 6.45) is 2.52. The van der Waals surface area contributed by atoms with Crippen LogP contribution in [0.2, 0.25) is 0 Å². The Morgan fingerprint density at radius 1 is 1.27 bits per heavy atom. The third-order valence-electron chi connectivity index (χ3n) is 4.40. The first-order valence-corrected chi connectivity index (χ1v) is 7.59. The van der Waals surface area contributed by atoms with Crippen LogP contribution in [-0.4, -0.2) is 24.6 Å². The minimum Gasteiger partial charge on any atom is -0.493 e. The van der Waals surface area contributed by atoms with Crippen molar-refractivity contribution in [2.24, 2.45) is 0 Å². The number of nitrogens with zero attached hydrogens (tertiary/aromatic N) is 1. The predicted molar refractivity (Wildman–Crippen MR) is 86.0 cm³/mol. The van der Waals surface area contributed by atoms with Crippen LogP contribution in [0.4, 0.5) is 0 Å². The van der Waals surface area contributed by atoms with E-state index in [0.29, 0.717) is 18.1 Å². The molecule has 4 heteroatoms. The smallest absolute Gasteiger partial charge is 0.164 e. The molecule has 0 spiro atoms. The third kappa shape index (κ3) is 2.10. The predicted octanol–water partition coefficient (Wildman–Crippen LogP) is 3.88. The van der Waals surface area contributed by atoms with Gasteiger partial charge in [0.05, 0.1) is 19.9 Å². The number of methoxy groups -OCH3 is 2. The van der Waals surface area contributed by atoms with E-state index in [4.69, 9.17) is 9.47 Å². The summed E-state index contributed by atoms with van der Waals surface area (Å²) in [5.41, 5.74) is 4.07. The number of ether oxygens (including phenoxy) is 2. The van der Waals surface area contributed by atoms with Gasteiger partial charge in [0.1, 0.15) is 0 Å². The lowest BCUT2D eigenvalue weighted by atomic mass is 9.88. The standard InChI is InChI=1S/C18H21NO3/c1-5-15(20)12-6-7-19-10-11(2)13-8-16(21-3)17(22-4)9-14(13)18(12)19/h6-9,11H,5,10H2,1-4H3. The van der Waals surface area contributed by atoms with Gasteiger partial charge in [0.2, 0.25) is 0 Å². The van der Waals surface area contributed by atoms with E-state index in [1.165, 1.54) is 5.56 Å². The van der Waals surface area contributed by atoms with Crippen LogP contribution in [-0.2, 0) is 6.54 Å². The van der Waals surface area contributed by atoms with Crippen LogP contribution in [0.5, 0.6) is 11.5 Å². The summed E-state index contributed by atoms with van der Waals surface area (Å²) < 4.78 is 13.0. The third-order valence-corrected chi connectivity index (χ3v) is 4.40. The molecule has 2 aromatic rings. The van der Waals surface area contributed by atoms with Gasteiger partial charge in [0.25, 0.3) is 0 Å². The molecule has 0 saturated heterocycles. The molecule has 1 aliphatic rings. The highest BCUT2D eigenvalue weighted by molar-refractivity contribution is 6.02. The van der Waals surface area contributed by atoms with E-state index in [-0.39, 0.29) is 5.78 Å². The lowest BCUT2D eigenvalue weighted by Gasteiger charge is -2.27. The molecule has 0 saturated carbocycles. The average Bonchev–Trinajstić information content (AvgIpc) is 2.96. The van der Waals surface area contributed by atoms with E-state index in [2.05, 4.69) is 11.5 Å². The first kappa shape index (κ1) is 14.7. The maximum atomic E-state index is 12.2. The van der Waals surface area contributed by atoms with Crippen molar-refractivity contribution in [2.45, 2.75) is 32.7 Å². The van der Waals surface area contributed by atoms with Gasteiger partial charge in [0.15, 0.2) is 17.3 Å². The Labute approximate surface area is 130 Å². The van der Waals surface area contributed by atoms with E-state index in [1.54, 1.807) is 14.2 Å². The normalized spacial score (nSPS) is 15.9. The van der Waals surface area contributed by atoms with E-state index in [1.807, 2.05) is 31.3 Å². The zero-order valence-corrected chi connectivity index (χ0v) is 13.5. The molecule has 1 aromatic carbocycles. The molecule has 1 atom stereocenters.